The maximum atomic E-state index is 12.4. The molecule has 1 saturated carbocycles. The van der Waals surface area contributed by atoms with Crippen LogP contribution < -0.4 is 4.72 Å². The molecule has 1 aliphatic rings. The van der Waals surface area contributed by atoms with Crippen molar-refractivity contribution in [3.8, 4) is 0 Å². The second-order valence-corrected chi connectivity index (χ2v) is 7.53. The molecule has 0 radical (unpaired) electrons. The van der Waals surface area contributed by atoms with Gasteiger partial charge in [0.1, 0.15) is 0 Å². The van der Waals surface area contributed by atoms with Gasteiger partial charge < -0.3 is 0 Å². The average molecular weight is 281 g/mol. The summed E-state index contributed by atoms with van der Waals surface area (Å²) < 4.78 is 27.7. The summed E-state index contributed by atoms with van der Waals surface area (Å²) >= 11 is 0. The molecule has 1 fully saturated rings. The van der Waals surface area contributed by atoms with Crippen LogP contribution in [0.15, 0.2) is 29.2 Å². The molecule has 0 amide bonds. The van der Waals surface area contributed by atoms with E-state index in [-0.39, 0.29) is 6.04 Å². The average Bonchev–Trinajstić information content (AvgIpc) is 2.34. The Bertz CT molecular complexity index is 539. The Kier molecular flexibility index (Phi) is 4.31. The fraction of sp³-hybridized carbons (Fsp3) is 0.600. The Morgan fingerprint density at radius 1 is 1.11 bits per heavy atom. The number of hydrogen-bond donors (Lipinski definition) is 1. The lowest BCUT2D eigenvalue weighted by atomic mass is 9.79. The van der Waals surface area contributed by atoms with E-state index >= 15 is 0 Å². The molecule has 3 atom stereocenters. The van der Waals surface area contributed by atoms with Gasteiger partial charge in [0, 0.05) is 6.04 Å². The fourth-order valence-electron chi connectivity index (χ4n) is 2.80. The number of nitrogens with one attached hydrogen (secondary N) is 1. The van der Waals surface area contributed by atoms with Crippen LogP contribution in [0.3, 0.4) is 0 Å². The summed E-state index contributed by atoms with van der Waals surface area (Å²) in [5, 5.41) is 0. The van der Waals surface area contributed by atoms with Crippen molar-refractivity contribution in [2.24, 2.45) is 11.8 Å². The highest BCUT2D eigenvalue weighted by molar-refractivity contribution is 7.89. The molecule has 0 heterocycles. The predicted molar refractivity (Wildman–Crippen MR) is 77.5 cm³/mol. The molecule has 3 unspecified atom stereocenters. The molecule has 0 spiro atoms. The monoisotopic (exact) mass is 281 g/mol. The molecule has 0 aliphatic heterocycles. The normalized spacial score (nSPS) is 28.3. The standard InChI is InChI=1S/C15H23NO2S/c1-11-8-9-14(10-13(11)3)16-19(17,18)15-7-5-4-6-12(15)2/h4-7,11,13-14,16H,8-10H2,1-3H3. The van der Waals surface area contributed by atoms with E-state index in [2.05, 4.69) is 18.6 Å². The maximum absolute atomic E-state index is 12.4. The minimum atomic E-state index is -3.38. The molecular formula is C15H23NO2S. The third kappa shape index (κ3) is 3.37. The number of benzene rings is 1. The van der Waals surface area contributed by atoms with Crippen LogP contribution in [0, 0.1) is 18.8 Å². The first-order chi connectivity index (χ1) is 8.90. The van der Waals surface area contributed by atoms with Gasteiger partial charge in [0.25, 0.3) is 0 Å². The Labute approximate surface area is 116 Å². The topological polar surface area (TPSA) is 46.2 Å². The molecule has 1 aliphatic carbocycles. The van der Waals surface area contributed by atoms with E-state index in [0.29, 0.717) is 16.7 Å². The van der Waals surface area contributed by atoms with Crippen molar-refractivity contribution in [2.45, 2.75) is 51.0 Å². The van der Waals surface area contributed by atoms with Crippen molar-refractivity contribution in [1.29, 1.82) is 0 Å². The van der Waals surface area contributed by atoms with Gasteiger partial charge in [-0.2, -0.15) is 0 Å². The van der Waals surface area contributed by atoms with Crippen molar-refractivity contribution >= 4 is 10.0 Å². The van der Waals surface area contributed by atoms with Crippen LogP contribution in [-0.4, -0.2) is 14.5 Å². The summed E-state index contributed by atoms with van der Waals surface area (Å²) in [7, 11) is -3.38. The zero-order valence-electron chi connectivity index (χ0n) is 11.9. The molecule has 0 bridgehead atoms. The van der Waals surface area contributed by atoms with Crippen LogP contribution in [0.4, 0.5) is 0 Å². The third-order valence-electron chi connectivity index (χ3n) is 4.30. The van der Waals surface area contributed by atoms with Crippen molar-refractivity contribution in [2.75, 3.05) is 0 Å². The first-order valence-corrected chi connectivity index (χ1v) is 8.46. The van der Waals surface area contributed by atoms with Crippen molar-refractivity contribution in [1.82, 2.24) is 4.72 Å². The second-order valence-electron chi connectivity index (χ2n) is 5.85. The van der Waals surface area contributed by atoms with Crippen molar-refractivity contribution < 1.29 is 8.42 Å². The number of hydrogen-bond acceptors (Lipinski definition) is 2. The molecule has 4 heteroatoms. The van der Waals surface area contributed by atoms with Crippen LogP contribution in [0.2, 0.25) is 0 Å². The first kappa shape index (κ1) is 14.5. The lowest BCUT2D eigenvalue weighted by molar-refractivity contribution is 0.242. The van der Waals surface area contributed by atoms with Crippen LogP contribution in [0.1, 0.15) is 38.7 Å². The summed E-state index contributed by atoms with van der Waals surface area (Å²) in [6, 6.07) is 7.22. The van der Waals surface area contributed by atoms with Gasteiger partial charge in [-0.25, -0.2) is 13.1 Å². The van der Waals surface area contributed by atoms with Crippen molar-refractivity contribution in [3.63, 3.8) is 0 Å². The summed E-state index contributed by atoms with van der Waals surface area (Å²) in [5.41, 5.74) is 0.798. The predicted octanol–water partition coefficient (Wildman–Crippen LogP) is 3.10. The highest BCUT2D eigenvalue weighted by Gasteiger charge is 2.28. The van der Waals surface area contributed by atoms with E-state index in [0.717, 1.165) is 24.8 Å². The number of rotatable bonds is 3. The fourth-order valence-corrected chi connectivity index (χ4v) is 4.32. The van der Waals surface area contributed by atoms with Gasteiger partial charge in [-0.3, -0.25) is 0 Å². The van der Waals surface area contributed by atoms with E-state index in [1.165, 1.54) is 0 Å². The lowest BCUT2D eigenvalue weighted by Gasteiger charge is -2.32. The minimum absolute atomic E-state index is 0.0795. The number of sulfonamides is 1. The van der Waals surface area contributed by atoms with Crippen molar-refractivity contribution in [3.05, 3.63) is 29.8 Å². The Morgan fingerprint density at radius 2 is 1.79 bits per heavy atom. The summed E-state index contributed by atoms with van der Waals surface area (Å²) in [6.07, 6.45) is 2.98. The molecule has 1 aromatic rings. The van der Waals surface area contributed by atoms with Gasteiger partial charge in [-0.05, 0) is 49.7 Å². The van der Waals surface area contributed by atoms with Crippen LogP contribution >= 0.6 is 0 Å². The van der Waals surface area contributed by atoms with Gasteiger partial charge >= 0.3 is 0 Å². The largest absolute Gasteiger partial charge is 0.241 e. The molecule has 1 aromatic carbocycles. The molecular weight excluding hydrogens is 258 g/mol. The summed E-state index contributed by atoms with van der Waals surface area (Å²) in [5.74, 6) is 1.28. The highest BCUT2D eigenvalue weighted by Crippen LogP contribution is 2.30. The van der Waals surface area contributed by atoms with Gasteiger partial charge in [-0.15, -0.1) is 0 Å². The summed E-state index contributed by atoms with van der Waals surface area (Å²) in [6.45, 7) is 6.29. The van der Waals surface area contributed by atoms with E-state index in [4.69, 9.17) is 0 Å². The van der Waals surface area contributed by atoms with Gasteiger partial charge in [0.05, 0.1) is 4.90 Å². The quantitative estimate of drug-likeness (QED) is 0.925. The maximum Gasteiger partial charge on any atom is 0.241 e. The second kappa shape index (κ2) is 5.63. The van der Waals surface area contributed by atoms with Crippen LogP contribution in [0.5, 0.6) is 0 Å². The van der Waals surface area contributed by atoms with Gasteiger partial charge in [-0.1, -0.05) is 32.0 Å². The van der Waals surface area contributed by atoms with Gasteiger partial charge in [0.2, 0.25) is 10.0 Å². The zero-order valence-corrected chi connectivity index (χ0v) is 12.7. The third-order valence-corrected chi connectivity index (χ3v) is 5.98. The first-order valence-electron chi connectivity index (χ1n) is 6.98. The Hall–Kier alpha value is -0.870. The Balaban J connectivity index is 2.12. The number of aryl methyl sites for hydroxylation is 1. The Morgan fingerprint density at radius 3 is 2.42 bits per heavy atom. The highest BCUT2D eigenvalue weighted by atomic mass is 32.2. The molecule has 0 aromatic heterocycles. The van der Waals surface area contributed by atoms with Crippen LogP contribution in [-0.2, 0) is 10.0 Å². The molecule has 3 nitrogen and oxygen atoms in total. The van der Waals surface area contributed by atoms with Gasteiger partial charge in [0.15, 0.2) is 0 Å². The lowest BCUT2D eigenvalue weighted by Crippen LogP contribution is -2.39. The smallest absolute Gasteiger partial charge is 0.208 e. The van der Waals surface area contributed by atoms with E-state index < -0.39 is 10.0 Å². The summed E-state index contributed by atoms with van der Waals surface area (Å²) in [4.78, 5) is 0.404. The molecule has 1 N–H and O–H groups in total. The molecule has 2 rings (SSSR count). The van der Waals surface area contributed by atoms with E-state index in [9.17, 15) is 8.42 Å². The minimum Gasteiger partial charge on any atom is -0.208 e. The molecule has 0 saturated heterocycles. The molecule has 19 heavy (non-hydrogen) atoms. The van der Waals surface area contributed by atoms with E-state index in [1.807, 2.05) is 19.1 Å². The SMILES string of the molecule is Cc1ccccc1S(=O)(=O)NC1CCC(C)C(C)C1. The van der Waals surface area contributed by atoms with E-state index in [1.54, 1.807) is 12.1 Å². The van der Waals surface area contributed by atoms with Crippen LogP contribution in [0.25, 0.3) is 0 Å². The zero-order chi connectivity index (χ0) is 14.0. The molecule has 106 valence electrons.